The Hall–Kier alpha value is -2.77. The number of halogens is 2. The second kappa shape index (κ2) is 8.28. The van der Waals surface area contributed by atoms with Gasteiger partial charge in [0.15, 0.2) is 11.6 Å². The molecular formula is C19H21F2N3O3. The van der Waals surface area contributed by atoms with Crippen LogP contribution in [0.25, 0.3) is 0 Å². The van der Waals surface area contributed by atoms with Crippen molar-refractivity contribution >= 4 is 11.9 Å². The lowest BCUT2D eigenvalue weighted by Gasteiger charge is -2.33. The molecule has 3 rings (SSSR count). The number of benzene rings is 1. The van der Waals surface area contributed by atoms with Crippen LogP contribution < -0.4 is 0 Å². The van der Waals surface area contributed by atoms with Gasteiger partial charge in [-0.2, -0.15) is 5.10 Å². The molecule has 1 aromatic heterocycles. The molecule has 0 unspecified atom stereocenters. The second-order valence-corrected chi connectivity index (χ2v) is 6.73. The minimum atomic E-state index is -0.963. The fourth-order valence-electron chi connectivity index (χ4n) is 3.50. The molecule has 1 aliphatic rings. The van der Waals surface area contributed by atoms with Crippen LogP contribution in [0.5, 0.6) is 0 Å². The summed E-state index contributed by atoms with van der Waals surface area (Å²) in [5.74, 6) is -2.79. The number of amides is 1. The SMILES string of the molecule is O=C(O)Cn1nccc1[C@@H]1CCCN(C(=O)CCc2ccc(F)c(F)c2)C1. The lowest BCUT2D eigenvalue weighted by Crippen LogP contribution is -2.39. The van der Waals surface area contributed by atoms with E-state index < -0.39 is 17.6 Å². The van der Waals surface area contributed by atoms with Crippen molar-refractivity contribution in [3.05, 3.63) is 53.4 Å². The summed E-state index contributed by atoms with van der Waals surface area (Å²) in [7, 11) is 0. The maximum atomic E-state index is 13.3. The number of aromatic nitrogens is 2. The van der Waals surface area contributed by atoms with E-state index in [1.807, 2.05) is 0 Å². The molecule has 1 atom stereocenters. The molecule has 0 aliphatic carbocycles. The van der Waals surface area contributed by atoms with Gasteiger partial charge in [-0.25, -0.2) is 8.78 Å². The Labute approximate surface area is 155 Å². The molecule has 6 nitrogen and oxygen atoms in total. The number of carbonyl (C=O) groups excluding carboxylic acids is 1. The van der Waals surface area contributed by atoms with E-state index in [1.165, 1.54) is 10.7 Å². The van der Waals surface area contributed by atoms with E-state index in [4.69, 9.17) is 5.11 Å². The summed E-state index contributed by atoms with van der Waals surface area (Å²) >= 11 is 0. The van der Waals surface area contributed by atoms with Gasteiger partial charge >= 0.3 is 5.97 Å². The van der Waals surface area contributed by atoms with E-state index >= 15 is 0 Å². The highest BCUT2D eigenvalue weighted by molar-refractivity contribution is 5.76. The summed E-state index contributed by atoms with van der Waals surface area (Å²) in [5, 5.41) is 13.0. The molecule has 27 heavy (non-hydrogen) atoms. The minimum absolute atomic E-state index is 0.0350. The van der Waals surface area contributed by atoms with E-state index in [9.17, 15) is 18.4 Å². The fraction of sp³-hybridized carbons (Fsp3) is 0.421. The lowest BCUT2D eigenvalue weighted by molar-refractivity contribution is -0.138. The molecule has 0 saturated carbocycles. The molecule has 0 radical (unpaired) electrons. The average molecular weight is 377 g/mol. The number of hydrogen-bond acceptors (Lipinski definition) is 3. The van der Waals surface area contributed by atoms with Crippen molar-refractivity contribution in [1.29, 1.82) is 0 Å². The standard InChI is InChI=1S/C19H21F2N3O3/c20-15-5-3-13(10-16(15)21)4-6-18(25)23-9-1-2-14(11-23)17-7-8-22-24(17)12-19(26)27/h3,5,7-8,10,14H,1-2,4,6,9,11-12H2,(H,26,27)/t14-/m1/s1. The van der Waals surface area contributed by atoms with Crippen LogP contribution >= 0.6 is 0 Å². The van der Waals surface area contributed by atoms with Gasteiger partial charge in [-0.05, 0) is 43.0 Å². The van der Waals surface area contributed by atoms with E-state index in [0.717, 1.165) is 30.7 Å². The Morgan fingerprint density at radius 2 is 2.04 bits per heavy atom. The van der Waals surface area contributed by atoms with Gasteiger partial charge in [-0.3, -0.25) is 14.3 Å². The van der Waals surface area contributed by atoms with Gasteiger partial charge in [0.05, 0.1) is 0 Å². The molecule has 0 bridgehead atoms. The third kappa shape index (κ3) is 4.69. The molecule has 1 amide bonds. The second-order valence-electron chi connectivity index (χ2n) is 6.73. The Bertz CT molecular complexity index is 837. The number of piperidine rings is 1. The molecule has 1 aliphatic heterocycles. The van der Waals surface area contributed by atoms with Crippen molar-refractivity contribution in [3.8, 4) is 0 Å². The van der Waals surface area contributed by atoms with Crippen LogP contribution in [-0.2, 0) is 22.6 Å². The molecule has 144 valence electrons. The van der Waals surface area contributed by atoms with E-state index in [-0.39, 0.29) is 24.8 Å². The number of carbonyl (C=O) groups is 2. The van der Waals surface area contributed by atoms with Crippen LogP contribution in [0.2, 0.25) is 0 Å². The summed E-state index contributed by atoms with van der Waals surface area (Å²) in [6.07, 6.45) is 3.81. The summed E-state index contributed by atoms with van der Waals surface area (Å²) in [5.41, 5.74) is 1.39. The first-order valence-corrected chi connectivity index (χ1v) is 8.89. The highest BCUT2D eigenvalue weighted by Crippen LogP contribution is 2.27. The van der Waals surface area contributed by atoms with Gasteiger partial charge in [-0.1, -0.05) is 6.07 Å². The van der Waals surface area contributed by atoms with Crippen molar-refractivity contribution in [3.63, 3.8) is 0 Å². The van der Waals surface area contributed by atoms with Crippen molar-refractivity contribution in [2.24, 2.45) is 0 Å². The van der Waals surface area contributed by atoms with E-state index in [2.05, 4.69) is 5.10 Å². The Balaban J connectivity index is 1.60. The monoisotopic (exact) mass is 377 g/mol. The van der Waals surface area contributed by atoms with Gasteiger partial charge in [0, 0.05) is 37.3 Å². The van der Waals surface area contributed by atoms with Crippen molar-refractivity contribution in [1.82, 2.24) is 14.7 Å². The number of nitrogens with zero attached hydrogens (tertiary/aromatic N) is 3. The molecule has 2 heterocycles. The Kier molecular flexibility index (Phi) is 5.83. The van der Waals surface area contributed by atoms with Gasteiger partial charge in [0.25, 0.3) is 0 Å². The molecule has 1 N–H and O–H groups in total. The number of aliphatic carboxylic acids is 1. The first-order valence-electron chi connectivity index (χ1n) is 8.89. The first-order chi connectivity index (χ1) is 12.9. The molecule has 2 aromatic rings. The number of rotatable bonds is 6. The first kappa shape index (κ1) is 19.0. The zero-order chi connectivity index (χ0) is 19.4. The van der Waals surface area contributed by atoms with Crippen molar-refractivity contribution in [2.45, 2.75) is 38.1 Å². The number of likely N-dealkylation sites (tertiary alicyclic amines) is 1. The smallest absolute Gasteiger partial charge is 0.325 e. The van der Waals surface area contributed by atoms with E-state index in [0.29, 0.717) is 25.1 Å². The van der Waals surface area contributed by atoms with Crippen LogP contribution in [-0.4, -0.2) is 44.8 Å². The van der Waals surface area contributed by atoms with E-state index in [1.54, 1.807) is 17.2 Å². The number of hydrogen-bond donors (Lipinski definition) is 1. The lowest BCUT2D eigenvalue weighted by atomic mass is 9.94. The highest BCUT2D eigenvalue weighted by Gasteiger charge is 2.27. The maximum absolute atomic E-state index is 13.3. The summed E-state index contributed by atoms with van der Waals surface area (Å²) in [4.78, 5) is 25.3. The van der Waals surface area contributed by atoms with Gasteiger partial charge in [0.1, 0.15) is 6.54 Å². The number of aryl methyl sites for hydroxylation is 1. The minimum Gasteiger partial charge on any atom is -0.480 e. The van der Waals surface area contributed by atoms with Crippen LogP contribution in [0, 0.1) is 11.6 Å². The van der Waals surface area contributed by atoms with Crippen molar-refractivity contribution < 1.29 is 23.5 Å². The molecule has 1 aromatic carbocycles. The molecule has 1 fully saturated rings. The van der Waals surface area contributed by atoms with Crippen LogP contribution in [0.3, 0.4) is 0 Å². The zero-order valence-corrected chi connectivity index (χ0v) is 14.8. The van der Waals surface area contributed by atoms with Crippen LogP contribution in [0.1, 0.15) is 36.4 Å². The summed E-state index contributed by atoms with van der Waals surface area (Å²) < 4.78 is 27.7. The zero-order valence-electron chi connectivity index (χ0n) is 14.8. The Morgan fingerprint density at radius 1 is 1.22 bits per heavy atom. The van der Waals surface area contributed by atoms with Crippen LogP contribution in [0.15, 0.2) is 30.5 Å². The quantitative estimate of drug-likeness (QED) is 0.840. The Morgan fingerprint density at radius 3 is 2.78 bits per heavy atom. The molecule has 0 spiro atoms. The third-order valence-electron chi connectivity index (χ3n) is 4.84. The molecule has 8 heteroatoms. The number of carboxylic acids is 1. The van der Waals surface area contributed by atoms with Crippen LogP contribution in [0.4, 0.5) is 8.78 Å². The highest BCUT2D eigenvalue weighted by atomic mass is 19.2. The average Bonchev–Trinajstić information content (AvgIpc) is 3.10. The predicted octanol–water partition coefficient (Wildman–Crippen LogP) is 2.58. The van der Waals surface area contributed by atoms with Gasteiger partial charge < -0.3 is 10.0 Å². The normalized spacial score (nSPS) is 17.1. The van der Waals surface area contributed by atoms with Gasteiger partial charge in [-0.15, -0.1) is 0 Å². The number of carboxylic acid groups (broad SMARTS) is 1. The molecular weight excluding hydrogens is 356 g/mol. The largest absolute Gasteiger partial charge is 0.480 e. The fourth-order valence-corrected chi connectivity index (χ4v) is 3.50. The summed E-state index contributed by atoms with van der Waals surface area (Å²) in [6.45, 7) is 0.936. The maximum Gasteiger partial charge on any atom is 0.325 e. The molecule has 1 saturated heterocycles. The third-order valence-corrected chi connectivity index (χ3v) is 4.84. The summed E-state index contributed by atoms with van der Waals surface area (Å²) in [6, 6.07) is 5.46. The predicted molar refractivity (Wildman–Crippen MR) is 93.1 cm³/mol. The topological polar surface area (TPSA) is 75.4 Å². The van der Waals surface area contributed by atoms with Gasteiger partial charge in [0.2, 0.25) is 5.91 Å². The van der Waals surface area contributed by atoms with Crippen molar-refractivity contribution in [2.75, 3.05) is 13.1 Å².